The van der Waals surface area contributed by atoms with Crippen LogP contribution in [0.3, 0.4) is 0 Å². The lowest BCUT2D eigenvalue weighted by atomic mass is 10.2. The number of halogens is 1. The van der Waals surface area contributed by atoms with Crippen LogP contribution < -0.4 is 5.73 Å². The van der Waals surface area contributed by atoms with E-state index in [-0.39, 0.29) is 17.9 Å². The van der Waals surface area contributed by atoms with Crippen LogP contribution in [0.5, 0.6) is 0 Å². The Morgan fingerprint density at radius 3 is 2.71 bits per heavy atom. The molecule has 0 saturated carbocycles. The van der Waals surface area contributed by atoms with E-state index in [1.807, 2.05) is 0 Å². The van der Waals surface area contributed by atoms with Crippen LogP contribution in [-0.4, -0.2) is 25.2 Å². The summed E-state index contributed by atoms with van der Waals surface area (Å²) in [6, 6.07) is 3.51. The van der Waals surface area contributed by atoms with E-state index in [4.69, 9.17) is 5.73 Å². The quantitative estimate of drug-likeness (QED) is 0.631. The Kier molecular flexibility index (Phi) is 4.45. The van der Waals surface area contributed by atoms with Crippen molar-refractivity contribution in [1.82, 2.24) is 0 Å². The Bertz CT molecular complexity index is 433. The summed E-state index contributed by atoms with van der Waals surface area (Å²) in [5, 5.41) is 0. The molecule has 6 heteroatoms. The molecule has 0 aliphatic carbocycles. The first kappa shape index (κ1) is 13.0. The van der Waals surface area contributed by atoms with Crippen molar-refractivity contribution in [3.63, 3.8) is 0 Å². The van der Waals surface area contributed by atoms with E-state index in [1.54, 1.807) is 6.92 Å². The lowest BCUT2D eigenvalue weighted by molar-refractivity contribution is -0.146. The molecule has 0 heterocycles. The molecule has 2 N–H and O–H groups in total. The summed E-state index contributed by atoms with van der Waals surface area (Å²) in [6.07, 6.45) is 0. The van der Waals surface area contributed by atoms with Crippen LogP contribution in [0.4, 0.5) is 10.1 Å². The normalized spacial score (nSPS) is 9.76. The second-order valence-electron chi connectivity index (χ2n) is 3.12. The maximum Gasteiger partial charge on any atom is 0.344 e. The average molecular weight is 241 g/mol. The molecule has 0 bridgehead atoms. The van der Waals surface area contributed by atoms with E-state index in [0.29, 0.717) is 0 Å². The predicted octanol–water partition coefficient (Wildman–Crippen LogP) is 1.13. The summed E-state index contributed by atoms with van der Waals surface area (Å²) in [5.74, 6) is -2.40. The second kappa shape index (κ2) is 5.83. The SMILES string of the molecule is CCOC(=O)COC(=O)c1cc(N)ccc1F. The lowest BCUT2D eigenvalue weighted by Crippen LogP contribution is -2.17. The molecule has 1 aromatic carbocycles. The number of esters is 2. The Morgan fingerprint density at radius 1 is 1.35 bits per heavy atom. The average Bonchev–Trinajstić information content (AvgIpc) is 2.29. The van der Waals surface area contributed by atoms with Crippen LogP contribution in [-0.2, 0) is 14.3 Å². The molecule has 0 aliphatic heterocycles. The van der Waals surface area contributed by atoms with Crippen LogP contribution in [0.1, 0.15) is 17.3 Å². The summed E-state index contributed by atoms with van der Waals surface area (Å²) < 4.78 is 22.3. The first-order chi connectivity index (χ1) is 8.04. The van der Waals surface area contributed by atoms with Gasteiger partial charge in [0.05, 0.1) is 12.2 Å². The Balaban J connectivity index is 2.64. The second-order valence-corrected chi connectivity index (χ2v) is 3.12. The third kappa shape index (κ3) is 3.75. The standard InChI is InChI=1S/C11H12FNO4/c1-2-16-10(14)6-17-11(15)8-5-7(13)3-4-9(8)12/h3-5H,2,6,13H2,1H3. The molecule has 0 unspecified atom stereocenters. The smallest absolute Gasteiger partial charge is 0.344 e. The van der Waals surface area contributed by atoms with Gasteiger partial charge in [0.2, 0.25) is 0 Å². The highest BCUT2D eigenvalue weighted by Crippen LogP contribution is 2.13. The van der Waals surface area contributed by atoms with E-state index >= 15 is 0 Å². The number of nitrogen functional groups attached to an aromatic ring is 1. The van der Waals surface area contributed by atoms with E-state index in [2.05, 4.69) is 9.47 Å². The highest BCUT2D eigenvalue weighted by Gasteiger charge is 2.15. The molecule has 0 fully saturated rings. The highest BCUT2D eigenvalue weighted by molar-refractivity contribution is 5.91. The molecule has 1 rings (SSSR count). The molecule has 0 aliphatic rings. The van der Waals surface area contributed by atoms with Crippen LogP contribution in [0, 0.1) is 5.82 Å². The summed E-state index contributed by atoms with van der Waals surface area (Å²) >= 11 is 0. The van der Waals surface area contributed by atoms with Gasteiger partial charge in [-0.2, -0.15) is 0 Å². The van der Waals surface area contributed by atoms with Gasteiger partial charge in [0.15, 0.2) is 6.61 Å². The number of carbonyl (C=O) groups is 2. The molecule has 0 amide bonds. The van der Waals surface area contributed by atoms with Crippen molar-refractivity contribution in [3.05, 3.63) is 29.6 Å². The fraction of sp³-hybridized carbons (Fsp3) is 0.273. The predicted molar refractivity (Wildman–Crippen MR) is 57.7 cm³/mol. The van der Waals surface area contributed by atoms with Crippen LogP contribution in [0.25, 0.3) is 0 Å². The minimum Gasteiger partial charge on any atom is -0.463 e. The fourth-order valence-electron chi connectivity index (χ4n) is 1.10. The van der Waals surface area contributed by atoms with Crippen LogP contribution in [0.15, 0.2) is 18.2 Å². The van der Waals surface area contributed by atoms with Gasteiger partial charge in [-0.3, -0.25) is 0 Å². The molecule has 1 aromatic rings. The van der Waals surface area contributed by atoms with E-state index < -0.39 is 24.4 Å². The van der Waals surface area contributed by atoms with Gasteiger partial charge in [-0.05, 0) is 25.1 Å². The minimum atomic E-state index is -0.956. The molecule has 0 aromatic heterocycles. The highest BCUT2D eigenvalue weighted by atomic mass is 19.1. The van der Waals surface area contributed by atoms with Gasteiger partial charge in [-0.25, -0.2) is 14.0 Å². The molecule has 17 heavy (non-hydrogen) atoms. The maximum absolute atomic E-state index is 13.2. The van der Waals surface area contributed by atoms with Gasteiger partial charge >= 0.3 is 11.9 Å². The zero-order valence-electron chi connectivity index (χ0n) is 9.23. The Labute approximate surface area is 97.3 Å². The summed E-state index contributed by atoms with van der Waals surface area (Å²) in [4.78, 5) is 22.3. The van der Waals surface area contributed by atoms with Gasteiger partial charge < -0.3 is 15.2 Å². The number of anilines is 1. The summed E-state index contributed by atoms with van der Waals surface area (Å²) in [7, 11) is 0. The number of hydrogen-bond donors (Lipinski definition) is 1. The molecule has 0 atom stereocenters. The van der Waals surface area contributed by atoms with Gasteiger partial charge in [0.25, 0.3) is 0 Å². The van der Waals surface area contributed by atoms with Gasteiger partial charge in [-0.15, -0.1) is 0 Å². The lowest BCUT2D eigenvalue weighted by Gasteiger charge is -2.05. The van der Waals surface area contributed by atoms with Crippen molar-refractivity contribution in [1.29, 1.82) is 0 Å². The van der Waals surface area contributed by atoms with E-state index in [0.717, 1.165) is 12.1 Å². The molecule has 5 nitrogen and oxygen atoms in total. The van der Waals surface area contributed by atoms with Crippen molar-refractivity contribution in [2.45, 2.75) is 6.92 Å². The zero-order valence-corrected chi connectivity index (χ0v) is 9.23. The van der Waals surface area contributed by atoms with Crippen LogP contribution >= 0.6 is 0 Å². The number of benzene rings is 1. The topological polar surface area (TPSA) is 78.6 Å². The zero-order chi connectivity index (χ0) is 12.8. The third-order valence-electron chi connectivity index (χ3n) is 1.84. The monoisotopic (exact) mass is 241 g/mol. The van der Waals surface area contributed by atoms with Crippen molar-refractivity contribution in [2.24, 2.45) is 0 Å². The molecular formula is C11H12FNO4. The Morgan fingerprint density at radius 2 is 2.06 bits per heavy atom. The maximum atomic E-state index is 13.2. The summed E-state index contributed by atoms with van der Waals surface area (Å²) in [5.41, 5.74) is 5.32. The van der Waals surface area contributed by atoms with Gasteiger partial charge in [0, 0.05) is 5.69 Å². The van der Waals surface area contributed by atoms with Crippen molar-refractivity contribution < 1.29 is 23.5 Å². The van der Waals surface area contributed by atoms with E-state index in [1.165, 1.54) is 6.07 Å². The number of hydrogen-bond acceptors (Lipinski definition) is 5. The summed E-state index contributed by atoms with van der Waals surface area (Å²) in [6.45, 7) is 1.25. The molecular weight excluding hydrogens is 229 g/mol. The fourth-order valence-corrected chi connectivity index (χ4v) is 1.10. The molecule has 0 saturated heterocycles. The van der Waals surface area contributed by atoms with Gasteiger partial charge in [0.1, 0.15) is 5.82 Å². The molecule has 92 valence electrons. The largest absolute Gasteiger partial charge is 0.463 e. The molecule has 0 spiro atoms. The number of nitrogens with two attached hydrogens (primary N) is 1. The third-order valence-corrected chi connectivity index (χ3v) is 1.84. The molecule has 0 radical (unpaired) electrons. The first-order valence-electron chi connectivity index (χ1n) is 4.92. The van der Waals surface area contributed by atoms with Crippen molar-refractivity contribution >= 4 is 17.6 Å². The number of ether oxygens (including phenoxy) is 2. The Hall–Kier alpha value is -2.11. The minimum absolute atomic E-state index is 0.184. The van der Waals surface area contributed by atoms with Crippen LogP contribution in [0.2, 0.25) is 0 Å². The first-order valence-corrected chi connectivity index (χ1v) is 4.92. The van der Waals surface area contributed by atoms with Crippen molar-refractivity contribution in [2.75, 3.05) is 18.9 Å². The number of rotatable bonds is 4. The number of carbonyl (C=O) groups excluding carboxylic acids is 2. The van der Waals surface area contributed by atoms with Gasteiger partial charge in [-0.1, -0.05) is 0 Å². The van der Waals surface area contributed by atoms with Crippen molar-refractivity contribution in [3.8, 4) is 0 Å². The van der Waals surface area contributed by atoms with E-state index in [9.17, 15) is 14.0 Å².